The highest BCUT2D eigenvalue weighted by molar-refractivity contribution is 7.16. The SMILES string of the molecule is CC(C)(C)N=c1sc2ccccc2n1C(C)(C)C. The quantitative estimate of drug-likeness (QED) is 0.678. The van der Waals surface area contributed by atoms with Gasteiger partial charge in [-0.1, -0.05) is 23.5 Å². The molecule has 3 heteroatoms. The van der Waals surface area contributed by atoms with E-state index in [-0.39, 0.29) is 11.1 Å². The van der Waals surface area contributed by atoms with E-state index in [2.05, 4.69) is 70.4 Å². The number of nitrogens with zero attached hydrogens (tertiary/aromatic N) is 2. The van der Waals surface area contributed by atoms with Crippen molar-refractivity contribution in [1.29, 1.82) is 0 Å². The van der Waals surface area contributed by atoms with E-state index in [4.69, 9.17) is 4.99 Å². The molecule has 1 aromatic carbocycles. The largest absolute Gasteiger partial charge is 0.311 e. The van der Waals surface area contributed by atoms with Gasteiger partial charge in [0.1, 0.15) is 0 Å². The summed E-state index contributed by atoms with van der Waals surface area (Å²) < 4.78 is 3.65. The van der Waals surface area contributed by atoms with Crippen LogP contribution in [0.15, 0.2) is 29.3 Å². The second-order valence-electron chi connectivity index (χ2n) is 6.64. The Morgan fingerprint density at radius 1 is 1.00 bits per heavy atom. The van der Waals surface area contributed by atoms with Gasteiger partial charge in [-0.05, 0) is 53.7 Å². The van der Waals surface area contributed by atoms with Gasteiger partial charge < -0.3 is 4.57 Å². The maximum atomic E-state index is 4.88. The maximum absolute atomic E-state index is 4.88. The summed E-state index contributed by atoms with van der Waals surface area (Å²) in [6, 6.07) is 8.54. The lowest BCUT2D eigenvalue weighted by Gasteiger charge is -2.23. The van der Waals surface area contributed by atoms with Crippen LogP contribution in [0, 0.1) is 0 Å². The van der Waals surface area contributed by atoms with Gasteiger partial charge in [0.25, 0.3) is 0 Å². The van der Waals surface area contributed by atoms with Crippen molar-refractivity contribution in [2.24, 2.45) is 4.99 Å². The highest BCUT2D eigenvalue weighted by Crippen LogP contribution is 2.24. The molecular weight excluding hydrogens is 240 g/mol. The Morgan fingerprint density at radius 2 is 1.61 bits per heavy atom. The number of rotatable bonds is 0. The molecule has 0 bridgehead atoms. The van der Waals surface area contributed by atoms with Crippen molar-refractivity contribution < 1.29 is 0 Å². The second kappa shape index (κ2) is 4.23. The van der Waals surface area contributed by atoms with Crippen LogP contribution in [-0.4, -0.2) is 10.1 Å². The average Bonchev–Trinajstić information content (AvgIpc) is 2.50. The maximum Gasteiger partial charge on any atom is 0.186 e. The summed E-state index contributed by atoms with van der Waals surface area (Å²) >= 11 is 1.77. The van der Waals surface area contributed by atoms with Crippen LogP contribution >= 0.6 is 11.3 Å². The number of thiazole rings is 1. The Labute approximate surface area is 113 Å². The standard InChI is InChI=1S/C15H22N2S/c1-14(2,3)16-13-17(15(4,5)6)11-9-7-8-10-12(11)18-13/h7-10H,1-6H3. The Morgan fingerprint density at radius 3 is 2.17 bits per heavy atom. The van der Waals surface area contributed by atoms with E-state index >= 15 is 0 Å². The molecule has 2 aromatic rings. The minimum absolute atomic E-state index is 0.0453. The molecule has 0 fully saturated rings. The van der Waals surface area contributed by atoms with E-state index < -0.39 is 0 Å². The van der Waals surface area contributed by atoms with Gasteiger partial charge in [0.2, 0.25) is 0 Å². The summed E-state index contributed by atoms with van der Waals surface area (Å²) in [7, 11) is 0. The van der Waals surface area contributed by atoms with Crippen molar-refractivity contribution >= 4 is 21.6 Å². The van der Waals surface area contributed by atoms with E-state index in [0.717, 1.165) is 4.80 Å². The lowest BCUT2D eigenvalue weighted by atomic mass is 10.1. The van der Waals surface area contributed by atoms with Crippen molar-refractivity contribution in [3.63, 3.8) is 0 Å². The van der Waals surface area contributed by atoms with Gasteiger partial charge in [0.05, 0.1) is 15.8 Å². The number of aromatic nitrogens is 1. The first-order valence-corrected chi connectivity index (χ1v) is 7.17. The average molecular weight is 262 g/mol. The fourth-order valence-electron chi connectivity index (χ4n) is 1.98. The molecule has 2 rings (SSSR count). The predicted octanol–water partition coefficient (Wildman–Crippen LogP) is 4.16. The normalized spacial score (nSPS) is 14.4. The van der Waals surface area contributed by atoms with Gasteiger partial charge in [-0.25, -0.2) is 0 Å². The summed E-state index contributed by atoms with van der Waals surface area (Å²) in [5, 5.41) is 0. The Bertz CT molecular complexity index is 618. The third-order valence-corrected chi connectivity index (χ3v) is 3.62. The van der Waals surface area contributed by atoms with Crippen molar-refractivity contribution in [1.82, 2.24) is 4.57 Å². The van der Waals surface area contributed by atoms with Gasteiger partial charge in [-0.15, -0.1) is 0 Å². The van der Waals surface area contributed by atoms with Crippen LogP contribution in [0.1, 0.15) is 41.5 Å². The highest BCUT2D eigenvalue weighted by Gasteiger charge is 2.19. The van der Waals surface area contributed by atoms with Crippen LogP contribution in [0.3, 0.4) is 0 Å². The van der Waals surface area contributed by atoms with Crippen molar-refractivity contribution in [3.8, 4) is 0 Å². The zero-order valence-electron chi connectivity index (χ0n) is 12.1. The third kappa shape index (κ3) is 2.66. The Balaban J connectivity index is 2.86. The topological polar surface area (TPSA) is 17.3 Å². The van der Waals surface area contributed by atoms with Crippen molar-refractivity contribution in [2.45, 2.75) is 52.6 Å². The molecule has 2 nitrogen and oxygen atoms in total. The highest BCUT2D eigenvalue weighted by atomic mass is 32.1. The fraction of sp³-hybridized carbons (Fsp3) is 0.533. The summed E-state index contributed by atoms with van der Waals surface area (Å²) in [4.78, 5) is 5.98. The number of fused-ring (bicyclic) bond motifs is 1. The monoisotopic (exact) mass is 262 g/mol. The van der Waals surface area contributed by atoms with Crippen LogP contribution in [0.2, 0.25) is 0 Å². The molecular formula is C15H22N2S. The lowest BCUT2D eigenvalue weighted by Crippen LogP contribution is -2.32. The molecule has 98 valence electrons. The molecule has 18 heavy (non-hydrogen) atoms. The number of hydrogen-bond donors (Lipinski definition) is 0. The van der Waals surface area contributed by atoms with Gasteiger partial charge in [-0.3, -0.25) is 4.99 Å². The predicted molar refractivity (Wildman–Crippen MR) is 80.1 cm³/mol. The smallest absolute Gasteiger partial charge is 0.186 e. The molecule has 0 aliphatic rings. The number of hydrogen-bond acceptors (Lipinski definition) is 2. The van der Waals surface area contributed by atoms with E-state index in [1.54, 1.807) is 11.3 Å². The molecule has 0 atom stereocenters. The summed E-state index contributed by atoms with van der Waals surface area (Å²) in [5.41, 5.74) is 1.27. The summed E-state index contributed by atoms with van der Waals surface area (Å²) in [6.07, 6.45) is 0. The summed E-state index contributed by atoms with van der Waals surface area (Å²) in [6.45, 7) is 13.1. The molecule has 0 N–H and O–H groups in total. The van der Waals surface area contributed by atoms with Crippen molar-refractivity contribution in [2.75, 3.05) is 0 Å². The number of benzene rings is 1. The molecule has 0 aliphatic heterocycles. The van der Waals surface area contributed by atoms with Gasteiger partial charge in [0.15, 0.2) is 4.80 Å². The molecule has 1 heterocycles. The number of para-hydroxylation sites is 1. The molecule has 0 spiro atoms. The lowest BCUT2D eigenvalue weighted by molar-refractivity contribution is 0.393. The molecule has 0 aliphatic carbocycles. The van der Waals surface area contributed by atoms with Gasteiger partial charge >= 0.3 is 0 Å². The Hall–Kier alpha value is -1.09. The van der Waals surface area contributed by atoms with E-state index in [0.29, 0.717) is 0 Å². The second-order valence-corrected chi connectivity index (χ2v) is 7.65. The zero-order valence-corrected chi connectivity index (χ0v) is 12.9. The molecule has 0 saturated carbocycles. The van der Waals surface area contributed by atoms with Crippen LogP contribution in [-0.2, 0) is 5.54 Å². The summed E-state index contributed by atoms with van der Waals surface area (Å²) in [5.74, 6) is 0. The first-order valence-electron chi connectivity index (χ1n) is 6.35. The van der Waals surface area contributed by atoms with Gasteiger partial charge in [-0.2, -0.15) is 0 Å². The molecule has 1 aromatic heterocycles. The molecule has 0 saturated heterocycles. The molecule has 0 amide bonds. The first kappa shape index (κ1) is 13.3. The van der Waals surface area contributed by atoms with Crippen LogP contribution in [0.25, 0.3) is 10.2 Å². The van der Waals surface area contributed by atoms with Crippen LogP contribution in [0.5, 0.6) is 0 Å². The van der Waals surface area contributed by atoms with Gasteiger partial charge in [0, 0.05) is 5.54 Å². The minimum atomic E-state index is -0.0477. The van der Waals surface area contributed by atoms with E-state index in [9.17, 15) is 0 Å². The first-order chi connectivity index (χ1) is 8.18. The van der Waals surface area contributed by atoms with Crippen molar-refractivity contribution in [3.05, 3.63) is 29.1 Å². The minimum Gasteiger partial charge on any atom is -0.311 e. The van der Waals surface area contributed by atoms with Crippen LogP contribution < -0.4 is 4.80 Å². The molecule has 0 radical (unpaired) electrons. The van der Waals surface area contributed by atoms with Crippen LogP contribution in [0.4, 0.5) is 0 Å². The molecule has 0 unspecified atom stereocenters. The Kier molecular flexibility index (Phi) is 3.14. The third-order valence-electron chi connectivity index (χ3n) is 2.60. The fourth-order valence-corrected chi connectivity index (χ4v) is 3.37. The zero-order chi connectivity index (χ0) is 13.6. The van der Waals surface area contributed by atoms with E-state index in [1.807, 2.05) is 0 Å². The van der Waals surface area contributed by atoms with E-state index in [1.165, 1.54) is 10.2 Å².